The summed E-state index contributed by atoms with van der Waals surface area (Å²) in [5.74, 6) is 0.647. The molecule has 0 bridgehead atoms. The Hall–Kier alpha value is -3.34. The van der Waals surface area contributed by atoms with E-state index in [0.717, 1.165) is 0 Å². The Bertz CT molecular complexity index is 1440. The molecule has 1 aliphatic heterocycles. The minimum atomic E-state index is -0.331. The van der Waals surface area contributed by atoms with E-state index in [1.165, 1.54) is 20.3 Å². The summed E-state index contributed by atoms with van der Waals surface area (Å²) in [6.07, 6.45) is 3.56. The molecule has 0 aliphatic carbocycles. The van der Waals surface area contributed by atoms with Crippen LogP contribution in [0.4, 0.5) is 5.95 Å². The van der Waals surface area contributed by atoms with Crippen molar-refractivity contribution >= 4 is 46.1 Å². The number of anilines is 1. The molecule has 1 aliphatic rings. The zero-order valence-corrected chi connectivity index (χ0v) is 23.9. The van der Waals surface area contributed by atoms with E-state index in [4.69, 9.17) is 38.4 Å². The summed E-state index contributed by atoms with van der Waals surface area (Å²) in [4.78, 5) is 38.7. The topological polar surface area (TPSA) is 116 Å². The third-order valence-corrected chi connectivity index (χ3v) is 7.82. The van der Waals surface area contributed by atoms with E-state index < -0.39 is 0 Å². The van der Waals surface area contributed by atoms with Crippen LogP contribution in [0.3, 0.4) is 0 Å². The first kappa shape index (κ1) is 28.7. The van der Waals surface area contributed by atoms with Crippen molar-refractivity contribution < 1.29 is 14.3 Å². The monoisotopic (exact) mass is 574 g/mol. The van der Waals surface area contributed by atoms with E-state index in [1.54, 1.807) is 22.9 Å². The Kier molecular flexibility index (Phi) is 8.68. The fourth-order valence-corrected chi connectivity index (χ4v) is 5.90. The van der Waals surface area contributed by atoms with Crippen LogP contribution in [0.15, 0.2) is 35.8 Å². The van der Waals surface area contributed by atoms with Crippen molar-refractivity contribution in [2.45, 2.75) is 38.9 Å². The maximum atomic E-state index is 14.0. The van der Waals surface area contributed by atoms with Gasteiger partial charge < -0.3 is 20.1 Å². The van der Waals surface area contributed by atoms with E-state index in [1.807, 2.05) is 4.90 Å². The maximum absolute atomic E-state index is 14.0. The molecule has 0 saturated carbocycles. The molecular formula is C27H32Cl2N6O4. The molecule has 4 rings (SSSR count). The second-order valence-electron chi connectivity index (χ2n) is 9.54. The van der Waals surface area contributed by atoms with Crippen molar-refractivity contribution in [3.8, 4) is 22.6 Å². The minimum Gasteiger partial charge on any atom is -0.495 e. The highest BCUT2D eigenvalue weighted by Gasteiger charge is 2.30. The smallest absolute Gasteiger partial charge is 0.260 e. The van der Waals surface area contributed by atoms with Gasteiger partial charge in [0.05, 0.1) is 29.8 Å². The third kappa shape index (κ3) is 5.54. The first-order valence-electron chi connectivity index (χ1n) is 12.5. The van der Waals surface area contributed by atoms with E-state index in [0.29, 0.717) is 60.7 Å². The van der Waals surface area contributed by atoms with Crippen LogP contribution in [-0.4, -0.2) is 76.2 Å². The zero-order chi connectivity index (χ0) is 28.4. The van der Waals surface area contributed by atoms with Gasteiger partial charge in [-0.05, 0) is 32.4 Å². The number of ether oxygens (including phenoxy) is 2. The number of amides is 1. The lowest BCUT2D eigenvalue weighted by atomic mass is 10.0. The number of methoxy groups -OCH3 is 2. The molecule has 208 valence electrons. The lowest BCUT2D eigenvalue weighted by Crippen LogP contribution is -2.58. The average Bonchev–Trinajstić information content (AvgIpc) is 2.91. The number of nitrogens with two attached hydrogens (primary N) is 1. The zero-order valence-electron chi connectivity index (χ0n) is 22.4. The van der Waals surface area contributed by atoms with Gasteiger partial charge in [-0.1, -0.05) is 29.8 Å². The highest BCUT2D eigenvalue weighted by molar-refractivity contribution is 6.41. The number of carbonyl (C=O) groups is 1. The molecule has 0 radical (unpaired) electrons. The van der Waals surface area contributed by atoms with Crippen LogP contribution >= 0.6 is 23.2 Å². The van der Waals surface area contributed by atoms with Gasteiger partial charge >= 0.3 is 0 Å². The van der Waals surface area contributed by atoms with E-state index in [-0.39, 0.29) is 45.1 Å². The molecule has 1 amide bonds. The van der Waals surface area contributed by atoms with E-state index in [2.05, 4.69) is 35.3 Å². The Labute approximate surface area is 236 Å². The van der Waals surface area contributed by atoms with Crippen molar-refractivity contribution in [2.24, 2.45) is 0 Å². The number of fused-ring (bicyclic) bond motifs is 1. The summed E-state index contributed by atoms with van der Waals surface area (Å²) in [6.45, 7) is 10.1. The number of aryl methyl sites for hydroxylation is 1. The molecule has 2 aromatic heterocycles. The summed E-state index contributed by atoms with van der Waals surface area (Å²) in [5, 5.41) is 0.987. The van der Waals surface area contributed by atoms with Crippen molar-refractivity contribution in [1.82, 2.24) is 24.3 Å². The van der Waals surface area contributed by atoms with Gasteiger partial charge in [0.2, 0.25) is 11.9 Å². The van der Waals surface area contributed by atoms with Gasteiger partial charge in [-0.15, -0.1) is 0 Å². The second-order valence-corrected chi connectivity index (χ2v) is 10.3. The van der Waals surface area contributed by atoms with Gasteiger partial charge in [0, 0.05) is 61.5 Å². The molecule has 2 atom stereocenters. The van der Waals surface area contributed by atoms with Gasteiger partial charge in [0.25, 0.3) is 5.56 Å². The molecule has 2 unspecified atom stereocenters. The number of nitrogen functional groups attached to an aromatic ring is 1. The van der Waals surface area contributed by atoms with Crippen molar-refractivity contribution in [2.75, 3.05) is 39.6 Å². The Balaban J connectivity index is 1.71. The van der Waals surface area contributed by atoms with Crippen LogP contribution in [0.5, 0.6) is 11.5 Å². The molecule has 1 aromatic carbocycles. The number of piperazine rings is 1. The number of hydrogen-bond donors (Lipinski definition) is 1. The average molecular weight is 575 g/mol. The van der Waals surface area contributed by atoms with Gasteiger partial charge in [-0.3, -0.25) is 19.1 Å². The lowest BCUT2D eigenvalue weighted by Gasteiger charge is -2.44. The lowest BCUT2D eigenvalue weighted by molar-refractivity contribution is -0.130. The van der Waals surface area contributed by atoms with Crippen LogP contribution in [0, 0.1) is 0 Å². The number of aromatic nitrogens is 3. The number of carbonyl (C=O) groups excluding carboxylic acids is 1. The number of nitrogens with zero attached hydrogens (tertiary/aromatic N) is 5. The fraction of sp³-hybridized carbons (Fsp3) is 0.407. The van der Waals surface area contributed by atoms with Crippen LogP contribution < -0.4 is 20.8 Å². The number of hydrogen-bond acceptors (Lipinski definition) is 8. The molecular weight excluding hydrogens is 543 g/mol. The summed E-state index contributed by atoms with van der Waals surface area (Å²) >= 11 is 13.3. The number of benzene rings is 1. The standard InChI is InChI=1S/C27H32Cl2N6O4/c1-6-21(36)33-13-15(2)34(16(3)14-33)8-7-9-35-25-17(12-31-27(30)32-25)10-18(26(35)37)22-23(28)19(38-4)11-20(39-5)24(22)29/h6,10-12,15-16H,1,7-9,13-14H2,2-5H3,(H2,30,31,32). The molecule has 0 spiro atoms. The van der Waals surface area contributed by atoms with E-state index in [9.17, 15) is 9.59 Å². The SMILES string of the molecule is C=CC(=O)N1CC(C)N(CCCn2c(=O)c(-c3c(Cl)c(OC)cc(OC)c3Cl)cc3cnc(N)nc32)C(C)C1. The maximum Gasteiger partial charge on any atom is 0.260 e. The Morgan fingerprint density at radius 2 is 1.74 bits per heavy atom. The highest BCUT2D eigenvalue weighted by atomic mass is 35.5. The predicted octanol–water partition coefficient (Wildman–Crippen LogP) is 3.86. The molecule has 2 N–H and O–H groups in total. The first-order valence-corrected chi connectivity index (χ1v) is 13.3. The molecule has 3 heterocycles. The predicted molar refractivity (Wildman–Crippen MR) is 154 cm³/mol. The molecule has 1 fully saturated rings. The molecule has 12 heteroatoms. The van der Waals surface area contributed by atoms with Gasteiger partial charge in [0.1, 0.15) is 17.1 Å². The summed E-state index contributed by atoms with van der Waals surface area (Å²) < 4.78 is 12.4. The quantitative estimate of drug-likeness (QED) is 0.403. The van der Waals surface area contributed by atoms with Crippen molar-refractivity contribution in [3.63, 3.8) is 0 Å². The number of halogens is 2. The Morgan fingerprint density at radius 3 is 2.31 bits per heavy atom. The summed E-state index contributed by atoms with van der Waals surface area (Å²) in [5.41, 5.74) is 6.54. The molecule has 39 heavy (non-hydrogen) atoms. The largest absolute Gasteiger partial charge is 0.495 e. The number of rotatable bonds is 8. The second kappa shape index (κ2) is 11.8. The van der Waals surface area contributed by atoms with Crippen molar-refractivity contribution in [3.05, 3.63) is 51.4 Å². The third-order valence-electron chi connectivity index (χ3n) is 7.07. The van der Waals surface area contributed by atoms with Crippen LogP contribution in [0.2, 0.25) is 10.0 Å². The summed E-state index contributed by atoms with van der Waals surface area (Å²) in [6, 6.07) is 3.52. The normalized spacial score (nSPS) is 17.8. The van der Waals surface area contributed by atoms with Crippen LogP contribution in [-0.2, 0) is 11.3 Å². The van der Waals surface area contributed by atoms with Gasteiger partial charge in [0.15, 0.2) is 0 Å². The fourth-order valence-electron chi connectivity index (χ4n) is 5.20. The summed E-state index contributed by atoms with van der Waals surface area (Å²) in [7, 11) is 2.95. The highest BCUT2D eigenvalue weighted by Crippen LogP contribution is 2.45. The molecule has 10 nitrogen and oxygen atoms in total. The van der Waals surface area contributed by atoms with Crippen LogP contribution in [0.1, 0.15) is 20.3 Å². The molecule has 1 saturated heterocycles. The first-order chi connectivity index (χ1) is 18.6. The van der Waals surface area contributed by atoms with Gasteiger partial charge in [-0.2, -0.15) is 4.98 Å². The van der Waals surface area contributed by atoms with Gasteiger partial charge in [-0.25, -0.2) is 4.98 Å². The molecule has 3 aromatic rings. The Morgan fingerprint density at radius 1 is 1.13 bits per heavy atom. The minimum absolute atomic E-state index is 0.0627. The van der Waals surface area contributed by atoms with Crippen molar-refractivity contribution in [1.29, 1.82) is 0 Å². The number of pyridine rings is 1. The van der Waals surface area contributed by atoms with Crippen LogP contribution in [0.25, 0.3) is 22.2 Å². The van der Waals surface area contributed by atoms with E-state index >= 15 is 0 Å².